The Balaban J connectivity index is 1.49. The highest BCUT2D eigenvalue weighted by atomic mass is 16.2. The van der Waals surface area contributed by atoms with E-state index in [4.69, 9.17) is 0 Å². The molecule has 1 aliphatic heterocycles. The third kappa shape index (κ3) is 2.63. The summed E-state index contributed by atoms with van der Waals surface area (Å²) in [4.78, 5) is 28.4. The highest BCUT2D eigenvalue weighted by molar-refractivity contribution is 5.82. The zero-order valence-corrected chi connectivity index (χ0v) is 11.8. The van der Waals surface area contributed by atoms with E-state index in [1.165, 1.54) is 12.8 Å². The molecule has 3 rings (SSSR count). The largest absolute Gasteiger partial charge is 0.339 e. The van der Waals surface area contributed by atoms with Crippen molar-refractivity contribution in [2.75, 3.05) is 26.2 Å². The second kappa shape index (κ2) is 5.14. The van der Waals surface area contributed by atoms with Gasteiger partial charge in [-0.3, -0.25) is 9.59 Å². The van der Waals surface area contributed by atoms with Crippen molar-refractivity contribution in [3.8, 4) is 0 Å². The van der Waals surface area contributed by atoms with Crippen LogP contribution in [0.2, 0.25) is 0 Å². The van der Waals surface area contributed by atoms with Crippen molar-refractivity contribution in [3.05, 3.63) is 0 Å². The Labute approximate surface area is 115 Å². The minimum absolute atomic E-state index is 0.269. The molecule has 1 heterocycles. The highest BCUT2D eigenvalue weighted by Crippen LogP contribution is 2.39. The van der Waals surface area contributed by atoms with Crippen molar-refractivity contribution in [2.45, 2.75) is 39.0 Å². The Morgan fingerprint density at radius 3 is 1.84 bits per heavy atom. The van der Waals surface area contributed by atoms with Gasteiger partial charge in [0.05, 0.1) is 0 Å². The summed E-state index contributed by atoms with van der Waals surface area (Å²) in [5, 5.41) is 0. The first kappa shape index (κ1) is 12.9. The molecule has 0 aromatic rings. The number of hydrogen-bond acceptors (Lipinski definition) is 2. The standard InChI is InChI=1S/C15H24N2O2/c1-11-10-13(11)15(19)17-8-6-16(7-9-17)14(18)12-4-2-3-5-12/h11-13H,2-10H2,1H3. The van der Waals surface area contributed by atoms with Crippen LogP contribution in [0.3, 0.4) is 0 Å². The van der Waals surface area contributed by atoms with Crippen LogP contribution < -0.4 is 0 Å². The Hall–Kier alpha value is -1.06. The Morgan fingerprint density at radius 2 is 1.37 bits per heavy atom. The Kier molecular flexibility index (Phi) is 3.50. The maximum absolute atomic E-state index is 12.3. The number of piperazine rings is 1. The molecule has 4 heteroatoms. The van der Waals surface area contributed by atoms with E-state index in [1.54, 1.807) is 0 Å². The van der Waals surface area contributed by atoms with E-state index in [-0.39, 0.29) is 11.8 Å². The molecular formula is C15H24N2O2. The van der Waals surface area contributed by atoms with Gasteiger partial charge in [-0.15, -0.1) is 0 Å². The van der Waals surface area contributed by atoms with Gasteiger partial charge in [-0.25, -0.2) is 0 Å². The lowest BCUT2D eigenvalue weighted by atomic mass is 10.1. The fraction of sp³-hybridized carbons (Fsp3) is 0.867. The molecule has 0 N–H and O–H groups in total. The van der Waals surface area contributed by atoms with Crippen LogP contribution in [0.1, 0.15) is 39.0 Å². The van der Waals surface area contributed by atoms with Crippen molar-refractivity contribution in [1.29, 1.82) is 0 Å². The van der Waals surface area contributed by atoms with Crippen LogP contribution in [0.15, 0.2) is 0 Å². The van der Waals surface area contributed by atoms with E-state index in [9.17, 15) is 9.59 Å². The monoisotopic (exact) mass is 264 g/mol. The van der Waals surface area contributed by atoms with Crippen LogP contribution in [0.4, 0.5) is 0 Å². The molecule has 1 saturated heterocycles. The molecule has 2 aliphatic carbocycles. The van der Waals surface area contributed by atoms with Gasteiger partial charge in [0.2, 0.25) is 11.8 Å². The second-order valence-corrected chi connectivity index (χ2v) is 6.45. The molecule has 106 valence electrons. The smallest absolute Gasteiger partial charge is 0.226 e. The third-order valence-electron chi connectivity index (χ3n) is 5.03. The summed E-state index contributed by atoms with van der Waals surface area (Å²) >= 11 is 0. The number of amides is 2. The maximum atomic E-state index is 12.3. The van der Waals surface area contributed by atoms with E-state index in [0.29, 0.717) is 17.7 Å². The Morgan fingerprint density at radius 1 is 0.895 bits per heavy atom. The van der Waals surface area contributed by atoms with E-state index < -0.39 is 0 Å². The molecule has 2 atom stereocenters. The van der Waals surface area contributed by atoms with Gasteiger partial charge in [-0.2, -0.15) is 0 Å². The third-order valence-corrected chi connectivity index (χ3v) is 5.03. The summed E-state index contributed by atoms with van der Waals surface area (Å²) in [6.07, 6.45) is 5.60. The molecule has 2 unspecified atom stereocenters. The van der Waals surface area contributed by atoms with Gasteiger partial charge in [-0.05, 0) is 25.2 Å². The van der Waals surface area contributed by atoms with Crippen LogP contribution in [-0.4, -0.2) is 47.8 Å². The van der Waals surface area contributed by atoms with Crippen molar-refractivity contribution in [3.63, 3.8) is 0 Å². The van der Waals surface area contributed by atoms with E-state index in [0.717, 1.165) is 45.4 Å². The van der Waals surface area contributed by atoms with E-state index in [1.807, 2.05) is 9.80 Å². The summed E-state index contributed by atoms with van der Waals surface area (Å²) in [5.41, 5.74) is 0. The van der Waals surface area contributed by atoms with Crippen LogP contribution in [-0.2, 0) is 9.59 Å². The molecular weight excluding hydrogens is 240 g/mol. The summed E-state index contributed by atoms with van der Waals surface area (Å²) in [7, 11) is 0. The fourth-order valence-corrected chi connectivity index (χ4v) is 3.48. The van der Waals surface area contributed by atoms with Crippen LogP contribution in [0, 0.1) is 17.8 Å². The normalized spacial score (nSPS) is 31.6. The summed E-state index contributed by atoms with van der Waals surface area (Å²) in [6, 6.07) is 0. The first-order chi connectivity index (χ1) is 9.16. The molecule has 0 spiro atoms. The lowest BCUT2D eigenvalue weighted by molar-refractivity contribution is -0.142. The van der Waals surface area contributed by atoms with Crippen molar-refractivity contribution >= 4 is 11.8 Å². The van der Waals surface area contributed by atoms with Crippen LogP contribution in [0.25, 0.3) is 0 Å². The second-order valence-electron chi connectivity index (χ2n) is 6.45. The molecule has 0 aromatic carbocycles. The number of rotatable bonds is 2. The first-order valence-corrected chi connectivity index (χ1v) is 7.74. The zero-order valence-electron chi connectivity index (χ0n) is 11.8. The van der Waals surface area contributed by atoms with Crippen LogP contribution >= 0.6 is 0 Å². The lowest BCUT2D eigenvalue weighted by Crippen LogP contribution is -2.52. The fourth-order valence-electron chi connectivity index (χ4n) is 3.48. The average Bonchev–Trinajstić information content (AvgIpc) is 2.95. The minimum atomic E-state index is 0.269. The molecule has 0 aromatic heterocycles. The van der Waals surface area contributed by atoms with Gasteiger partial charge in [0.25, 0.3) is 0 Å². The molecule has 3 fully saturated rings. The Bertz CT molecular complexity index is 368. The van der Waals surface area contributed by atoms with Gasteiger partial charge in [-0.1, -0.05) is 19.8 Å². The predicted molar refractivity (Wildman–Crippen MR) is 72.4 cm³/mol. The summed E-state index contributed by atoms with van der Waals surface area (Å²) in [6.45, 7) is 5.09. The summed E-state index contributed by atoms with van der Waals surface area (Å²) in [5.74, 6) is 1.78. The number of carbonyl (C=O) groups is 2. The topological polar surface area (TPSA) is 40.6 Å². The molecule has 19 heavy (non-hydrogen) atoms. The molecule has 4 nitrogen and oxygen atoms in total. The quantitative estimate of drug-likeness (QED) is 0.758. The van der Waals surface area contributed by atoms with Gasteiger partial charge in [0, 0.05) is 38.0 Å². The van der Waals surface area contributed by atoms with Crippen molar-refractivity contribution < 1.29 is 9.59 Å². The van der Waals surface area contributed by atoms with Crippen LogP contribution in [0.5, 0.6) is 0 Å². The predicted octanol–water partition coefficient (Wildman–Crippen LogP) is 1.50. The average molecular weight is 264 g/mol. The zero-order chi connectivity index (χ0) is 13.4. The highest BCUT2D eigenvalue weighted by Gasteiger charge is 2.42. The molecule has 0 radical (unpaired) electrons. The lowest BCUT2D eigenvalue weighted by Gasteiger charge is -2.36. The number of hydrogen-bond donors (Lipinski definition) is 0. The molecule has 2 amide bonds. The van der Waals surface area contributed by atoms with Crippen molar-refractivity contribution in [2.24, 2.45) is 17.8 Å². The van der Waals surface area contributed by atoms with Gasteiger partial charge >= 0.3 is 0 Å². The van der Waals surface area contributed by atoms with E-state index >= 15 is 0 Å². The van der Waals surface area contributed by atoms with Gasteiger partial charge in [0.15, 0.2) is 0 Å². The molecule has 0 bridgehead atoms. The number of carbonyl (C=O) groups excluding carboxylic acids is 2. The van der Waals surface area contributed by atoms with E-state index in [2.05, 4.69) is 6.92 Å². The SMILES string of the molecule is CC1CC1C(=O)N1CCN(C(=O)C2CCCC2)CC1. The number of nitrogens with zero attached hydrogens (tertiary/aromatic N) is 2. The molecule has 2 saturated carbocycles. The van der Waals surface area contributed by atoms with Gasteiger partial charge in [0.1, 0.15) is 0 Å². The maximum Gasteiger partial charge on any atom is 0.226 e. The van der Waals surface area contributed by atoms with Crippen molar-refractivity contribution in [1.82, 2.24) is 9.80 Å². The minimum Gasteiger partial charge on any atom is -0.339 e. The molecule has 3 aliphatic rings. The summed E-state index contributed by atoms with van der Waals surface area (Å²) < 4.78 is 0. The van der Waals surface area contributed by atoms with Gasteiger partial charge < -0.3 is 9.80 Å². The first-order valence-electron chi connectivity index (χ1n) is 7.74.